The summed E-state index contributed by atoms with van der Waals surface area (Å²) in [7, 11) is 0. The molecule has 0 aromatic carbocycles. The molecule has 0 spiro atoms. The van der Waals surface area contributed by atoms with E-state index < -0.39 is 5.60 Å². The van der Waals surface area contributed by atoms with Crippen molar-refractivity contribution in [2.24, 2.45) is 0 Å². The summed E-state index contributed by atoms with van der Waals surface area (Å²) in [5.41, 5.74) is -0.508. The lowest BCUT2D eigenvalue weighted by Crippen LogP contribution is -2.48. The molecule has 6 heteroatoms. The van der Waals surface area contributed by atoms with Gasteiger partial charge in [-0.1, -0.05) is 0 Å². The Balaban J connectivity index is 2.07. The number of carbonyl (C=O) groups excluding carboxylic acids is 1. The van der Waals surface area contributed by atoms with Gasteiger partial charge in [0.1, 0.15) is 11.9 Å². The van der Waals surface area contributed by atoms with E-state index in [1.807, 2.05) is 20.8 Å². The second-order valence-corrected chi connectivity index (χ2v) is 6.14. The minimum atomic E-state index is -0.508. The number of hydrogen-bond acceptors (Lipinski definition) is 4. The van der Waals surface area contributed by atoms with Crippen LogP contribution < -0.4 is 5.76 Å². The summed E-state index contributed by atoms with van der Waals surface area (Å²) in [6.07, 6.45) is 5.55. The molecular formula is C14H22N2O4. The van der Waals surface area contributed by atoms with Crippen LogP contribution in [0.3, 0.4) is 0 Å². The topological polar surface area (TPSA) is 64.7 Å². The predicted molar refractivity (Wildman–Crippen MR) is 73.5 cm³/mol. The molecule has 1 aromatic rings. The number of aromatic nitrogens is 1. The smallest absolute Gasteiger partial charge is 0.418 e. The average Bonchev–Trinajstić information content (AvgIpc) is 2.73. The first-order valence-electron chi connectivity index (χ1n) is 7.00. The third-order valence-electron chi connectivity index (χ3n) is 3.31. The van der Waals surface area contributed by atoms with E-state index in [9.17, 15) is 9.59 Å². The first-order chi connectivity index (χ1) is 9.37. The highest BCUT2D eigenvalue weighted by Crippen LogP contribution is 2.21. The van der Waals surface area contributed by atoms with Crippen molar-refractivity contribution in [3.8, 4) is 0 Å². The second kappa shape index (κ2) is 5.73. The second-order valence-electron chi connectivity index (χ2n) is 6.14. The number of nitrogens with zero attached hydrogens (tertiary/aromatic N) is 2. The van der Waals surface area contributed by atoms with E-state index in [1.165, 1.54) is 10.8 Å². The quantitative estimate of drug-likeness (QED) is 0.834. The Morgan fingerprint density at radius 1 is 1.45 bits per heavy atom. The van der Waals surface area contributed by atoms with Crippen LogP contribution in [0, 0.1) is 0 Å². The summed E-state index contributed by atoms with van der Waals surface area (Å²) in [6, 6.07) is -0.0195. The Hall–Kier alpha value is -1.72. The maximum atomic E-state index is 12.2. The number of amides is 1. The van der Waals surface area contributed by atoms with Crippen LogP contribution in [0.2, 0.25) is 0 Å². The zero-order chi connectivity index (χ0) is 14.8. The van der Waals surface area contributed by atoms with Gasteiger partial charge < -0.3 is 14.1 Å². The molecule has 6 nitrogen and oxygen atoms in total. The van der Waals surface area contributed by atoms with Crippen molar-refractivity contribution in [2.75, 3.05) is 6.54 Å². The van der Waals surface area contributed by atoms with Crippen molar-refractivity contribution in [1.82, 2.24) is 9.47 Å². The van der Waals surface area contributed by atoms with Crippen LogP contribution >= 0.6 is 0 Å². The molecule has 1 saturated heterocycles. The molecule has 1 aromatic heterocycles. The van der Waals surface area contributed by atoms with E-state index in [0.717, 1.165) is 19.3 Å². The fraction of sp³-hybridized carbons (Fsp3) is 0.714. The molecule has 2 rings (SSSR count). The molecule has 1 aliphatic rings. The minimum Gasteiger partial charge on any atom is -0.444 e. The van der Waals surface area contributed by atoms with Gasteiger partial charge in [-0.15, -0.1) is 0 Å². The van der Waals surface area contributed by atoms with Gasteiger partial charge in [-0.3, -0.25) is 4.57 Å². The lowest BCUT2D eigenvalue weighted by Gasteiger charge is -2.36. The summed E-state index contributed by atoms with van der Waals surface area (Å²) < 4.78 is 11.7. The fourth-order valence-corrected chi connectivity index (χ4v) is 2.40. The van der Waals surface area contributed by atoms with Crippen LogP contribution in [0.5, 0.6) is 0 Å². The van der Waals surface area contributed by atoms with Crippen LogP contribution in [0.25, 0.3) is 0 Å². The minimum absolute atomic E-state index is 0.0195. The van der Waals surface area contributed by atoms with E-state index in [2.05, 4.69) is 0 Å². The Bertz CT molecular complexity index is 512. The van der Waals surface area contributed by atoms with E-state index >= 15 is 0 Å². The van der Waals surface area contributed by atoms with Gasteiger partial charge in [-0.25, -0.2) is 9.59 Å². The molecule has 20 heavy (non-hydrogen) atoms. The van der Waals surface area contributed by atoms with Gasteiger partial charge >= 0.3 is 11.8 Å². The highest BCUT2D eigenvalue weighted by molar-refractivity contribution is 5.68. The Morgan fingerprint density at radius 2 is 2.20 bits per heavy atom. The average molecular weight is 282 g/mol. The standard InChI is InChI=1S/C14H22N2O4/c1-14(2,3)20-13(18)16-7-5-4-6-11(16)10-15-8-9-19-12(15)17/h8-9,11H,4-7,10H2,1-3H3. The zero-order valence-corrected chi connectivity index (χ0v) is 12.3. The summed E-state index contributed by atoms with van der Waals surface area (Å²) in [6.45, 7) is 6.68. The van der Waals surface area contributed by atoms with Crippen molar-refractivity contribution in [3.05, 3.63) is 23.0 Å². The number of ether oxygens (including phenoxy) is 1. The van der Waals surface area contributed by atoms with Crippen molar-refractivity contribution >= 4 is 6.09 Å². The van der Waals surface area contributed by atoms with Crippen molar-refractivity contribution in [2.45, 2.75) is 58.2 Å². The van der Waals surface area contributed by atoms with Crippen LogP contribution in [-0.4, -0.2) is 33.7 Å². The number of piperidine rings is 1. The third kappa shape index (κ3) is 3.65. The highest BCUT2D eigenvalue weighted by atomic mass is 16.6. The van der Waals surface area contributed by atoms with Gasteiger partial charge in [0.25, 0.3) is 0 Å². The van der Waals surface area contributed by atoms with Crippen LogP contribution in [0.15, 0.2) is 21.7 Å². The fourth-order valence-electron chi connectivity index (χ4n) is 2.40. The molecule has 0 saturated carbocycles. The van der Waals surface area contributed by atoms with E-state index in [4.69, 9.17) is 9.15 Å². The molecule has 1 atom stereocenters. The maximum Gasteiger partial charge on any atom is 0.418 e. The number of hydrogen-bond donors (Lipinski definition) is 0. The van der Waals surface area contributed by atoms with Crippen molar-refractivity contribution in [1.29, 1.82) is 0 Å². The first-order valence-corrected chi connectivity index (χ1v) is 7.00. The monoisotopic (exact) mass is 282 g/mol. The molecule has 1 amide bonds. The van der Waals surface area contributed by atoms with E-state index in [0.29, 0.717) is 13.1 Å². The van der Waals surface area contributed by atoms with Gasteiger partial charge in [-0.2, -0.15) is 0 Å². The highest BCUT2D eigenvalue weighted by Gasteiger charge is 2.30. The third-order valence-corrected chi connectivity index (χ3v) is 3.31. The van der Waals surface area contributed by atoms with Gasteiger partial charge in [0.15, 0.2) is 0 Å². The molecule has 0 radical (unpaired) electrons. The van der Waals surface area contributed by atoms with E-state index in [-0.39, 0.29) is 17.9 Å². The Morgan fingerprint density at radius 3 is 2.80 bits per heavy atom. The molecule has 0 aliphatic carbocycles. The van der Waals surface area contributed by atoms with E-state index in [1.54, 1.807) is 11.1 Å². The van der Waals surface area contributed by atoms with Gasteiger partial charge in [0, 0.05) is 19.3 Å². The SMILES string of the molecule is CC(C)(C)OC(=O)N1CCCCC1Cn1ccoc1=O. The van der Waals surface area contributed by atoms with Gasteiger partial charge in [-0.05, 0) is 40.0 Å². The Kier molecular flexibility index (Phi) is 4.20. The molecule has 0 bridgehead atoms. The normalized spacial score (nSPS) is 19.9. The molecule has 0 N–H and O–H groups in total. The maximum absolute atomic E-state index is 12.2. The van der Waals surface area contributed by atoms with Crippen molar-refractivity contribution < 1.29 is 13.9 Å². The van der Waals surface area contributed by atoms with Crippen LogP contribution in [0.1, 0.15) is 40.0 Å². The number of oxazole rings is 1. The lowest BCUT2D eigenvalue weighted by molar-refractivity contribution is 0.00758. The van der Waals surface area contributed by atoms with Crippen LogP contribution in [0.4, 0.5) is 4.79 Å². The number of rotatable bonds is 2. The van der Waals surface area contributed by atoms with Gasteiger partial charge in [0.05, 0.1) is 6.04 Å². The summed E-state index contributed by atoms with van der Waals surface area (Å²) >= 11 is 0. The molecule has 2 heterocycles. The van der Waals surface area contributed by atoms with Crippen LogP contribution in [-0.2, 0) is 11.3 Å². The summed E-state index contributed by atoms with van der Waals surface area (Å²) in [5, 5.41) is 0. The first kappa shape index (κ1) is 14.7. The summed E-state index contributed by atoms with van der Waals surface area (Å²) in [5.74, 6) is -0.389. The molecule has 1 unspecified atom stereocenters. The lowest BCUT2D eigenvalue weighted by atomic mass is 10.0. The van der Waals surface area contributed by atoms with Gasteiger partial charge in [0.2, 0.25) is 0 Å². The summed E-state index contributed by atoms with van der Waals surface area (Å²) in [4.78, 5) is 25.4. The van der Waals surface area contributed by atoms with Crippen molar-refractivity contribution in [3.63, 3.8) is 0 Å². The largest absolute Gasteiger partial charge is 0.444 e. The zero-order valence-electron chi connectivity index (χ0n) is 12.3. The number of carbonyl (C=O) groups is 1. The Labute approximate surface area is 118 Å². The molecule has 1 aliphatic heterocycles. The molecule has 1 fully saturated rings. The molecular weight excluding hydrogens is 260 g/mol. The predicted octanol–water partition coefficient (Wildman–Crippen LogP) is 2.23. The molecule has 112 valence electrons. The number of likely N-dealkylation sites (tertiary alicyclic amines) is 1.